The number of carbonyl (C=O) groups is 2. The third-order valence-corrected chi connectivity index (χ3v) is 4.81. The average Bonchev–Trinajstić information content (AvgIpc) is 2.63. The summed E-state index contributed by atoms with van der Waals surface area (Å²) in [6, 6.07) is 5.76. The predicted octanol–water partition coefficient (Wildman–Crippen LogP) is 1.55. The fraction of sp³-hybridized carbons (Fsp3) is 0.556. The Kier molecular flexibility index (Phi) is 5.45. The van der Waals surface area contributed by atoms with Crippen LogP contribution in [0.2, 0.25) is 0 Å². The highest BCUT2D eigenvalue weighted by Crippen LogP contribution is 2.19. The van der Waals surface area contributed by atoms with Gasteiger partial charge in [-0.05, 0) is 56.5 Å². The maximum absolute atomic E-state index is 13.0. The van der Waals surface area contributed by atoms with Gasteiger partial charge in [0.25, 0.3) is 5.91 Å². The van der Waals surface area contributed by atoms with Gasteiger partial charge in [0.1, 0.15) is 5.82 Å². The summed E-state index contributed by atoms with van der Waals surface area (Å²) in [6.45, 7) is 2.90. The molecule has 0 radical (unpaired) electrons. The molecule has 24 heavy (non-hydrogen) atoms. The average molecular weight is 333 g/mol. The number of rotatable bonds is 3. The Hall–Kier alpha value is -1.95. The number of halogens is 1. The SMILES string of the molecule is O=C(N[C@H]1CCCNC1)C1CCCN(C(=O)c2ccc(F)cc2)C1. The first-order valence-corrected chi connectivity index (χ1v) is 8.69. The van der Waals surface area contributed by atoms with E-state index in [9.17, 15) is 14.0 Å². The van der Waals surface area contributed by atoms with Crippen molar-refractivity contribution in [1.29, 1.82) is 0 Å². The highest BCUT2D eigenvalue weighted by atomic mass is 19.1. The summed E-state index contributed by atoms with van der Waals surface area (Å²) >= 11 is 0. The topological polar surface area (TPSA) is 61.4 Å². The molecule has 2 heterocycles. The van der Waals surface area contributed by atoms with E-state index in [-0.39, 0.29) is 29.6 Å². The van der Waals surface area contributed by atoms with E-state index in [2.05, 4.69) is 10.6 Å². The van der Waals surface area contributed by atoms with Crippen molar-refractivity contribution in [2.45, 2.75) is 31.7 Å². The van der Waals surface area contributed by atoms with Crippen LogP contribution in [0.15, 0.2) is 24.3 Å². The Morgan fingerprint density at radius 1 is 1.17 bits per heavy atom. The number of nitrogens with zero attached hydrogens (tertiary/aromatic N) is 1. The van der Waals surface area contributed by atoms with Crippen molar-refractivity contribution in [2.75, 3.05) is 26.2 Å². The van der Waals surface area contributed by atoms with Crippen molar-refractivity contribution in [1.82, 2.24) is 15.5 Å². The van der Waals surface area contributed by atoms with Gasteiger partial charge in [-0.3, -0.25) is 9.59 Å². The van der Waals surface area contributed by atoms with Gasteiger partial charge in [0.2, 0.25) is 5.91 Å². The van der Waals surface area contributed by atoms with Gasteiger partial charge in [0.15, 0.2) is 0 Å². The summed E-state index contributed by atoms with van der Waals surface area (Å²) in [7, 11) is 0. The molecule has 0 saturated carbocycles. The fourth-order valence-electron chi connectivity index (χ4n) is 3.44. The number of piperidine rings is 2. The zero-order valence-corrected chi connectivity index (χ0v) is 13.8. The van der Waals surface area contributed by atoms with Crippen LogP contribution < -0.4 is 10.6 Å². The lowest BCUT2D eigenvalue weighted by Gasteiger charge is -2.33. The molecule has 5 nitrogen and oxygen atoms in total. The summed E-state index contributed by atoms with van der Waals surface area (Å²) in [5.74, 6) is -0.610. The maximum Gasteiger partial charge on any atom is 0.253 e. The summed E-state index contributed by atoms with van der Waals surface area (Å²) in [5.41, 5.74) is 0.467. The lowest BCUT2D eigenvalue weighted by Crippen LogP contribution is -2.51. The van der Waals surface area contributed by atoms with Gasteiger partial charge in [0, 0.05) is 31.2 Å². The van der Waals surface area contributed by atoms with Crippen LogP contribution in [0.3, 0.4) is 0 Å². The van der Waals surface area contributed by atoms with Gasteiger partial charge in [-0.2, -0.15) is 0 Å². The minimum absolute atomic E-state index is 0.0420. The first-order chi connectivity index (χ1) is 11.6. The number of hydrogen-bond acceptors (Lipinski definition) is 3. The van der Waals surface area contributed by atoms with E-state index in [0.717, 1.165) is 38.8 Å². The molecule has 1 unspecified atom stereocenters. The lowest BCUT2D eigenvalue weighted by atomic mass is 9.95. The summed E-state index contributed by atoms with van der Waals surface area (Å²) < 4.78 is 13.0. The van der Waals surface area contributed by atoms with Crippen LogP contribution >= 0.6 is 0 Å². The summed E-state index contributed by atoms with van der Waals surface area (Å²) in [5, 5.41) is 6.39. The maximum atomic E-state index is 13.0. The van der Waals surface area contributed by atoms with Crippen LogP contribution in [0, 0.1) is 11.7 Å². The third kappa shape index (κ3) is 4.12. The Labute approximate surface area is 141 Å². The van der Waals surface area contributed by atoms with Crippen molar-refractivity contribution in [3.8, 4) is 0 Å². The quantitative estimate of drug-likeness (QED) is 0.882. The molecule has 2 fully saturated rings. The molecule has 0 spiro atoms. The van der Waals surface area contributed by atoms with Gasteiger partial charge >= 0.3 is 0 Å². The van der Waals surface area contributed by atoms with Crippen molar-refractivity contribution in [3.05, 3.63) is 35.6 Å². The molecular formula is C18H24FN3O2. The van der Waals surface area contributed by atoms with Crippen molar-refractivity contribution in [3.63, 3.8) is 0 Å². The number of hydrogen-bond donors (Lipinski definition) is 2. The minimum Gasteiger partial charge on any atom is -0.352 e. The van der Waals surface area contributed by atoms with E-state index < -0.39 is 0 Å². The van der Waals surface area contributed by atoms with Gasteiger partial charge < -0.3 is 15.5 Å². The van der Waals surface area contributed by atoms with E-state index in [4.69, 9.17) is 0 Å². The van der Waals surface area contributed by atoms with Gasteiger partial charge in [-0.1, -0.05) is 0 Å². The number of carbonyl (C=O) groups excluding carboxylic acids is 2. The standard InChI is InChI=1S/C18H24FN3O2/c19-15-7-5-13(6-8-15)18(24)22-10-2-3-14(12-22)17(23)21-16-4-1-9-20-11-16/h5-8,14,16,20H,1-4,9-12H2,(H,21,23)/t14?,16-/m0/s1. The van der Waals surface area contributed by atoms with Crippen LogP contribution in [0.25, 0.3) is 0 Å². The lowest BCUT2D eigenvalue weighted by molar-refractivity contribution is -0.127. The van der Waals surface area contributed by atoms with E-state index >= 15 is 0 Å². The van der Waals surface area contributed by atoms with Crippen LogP contribution in [0.1, 0.15) is 36.0 Å². The van der Waals surface area contributed by atoms with Gasteiger partial charge in [-0.25, -0.2) is 4.39 Å². The van der Waals surface area contributed by atoms with E-state index in [1.165, 1.54) is 24.3 Å². The minimum atomic E-state index is -0.358. The van der Waals surface area contributed by atoms with Crippen LogP contribution in [-0.2, 0) is 4.79 Å². The first-order valence-electron chi connectivity index (χ1n) is 8.69. The Balaban J connectivity index is 1.58. The molecule has 2 N–H and O–H groups in total. The van der Waals surface area contributed by atoms with Crippen molar-refractivity contribution < 1.29 is 14.0 Å². The van der Waals surface area contributed by atoms with Gasteiger partial charge in [0.05, 0.1) is 5.92 Å². The third-order valence-electron chi connectivity index (χ3n) is 4.81. The van der Waals surface area contributed by atoms with E-state index in [1.54, 1.807) is 4.90 Å². The summed E-state index contributed by atoms with van der Waals surface area (Å²) in [4.78, 5) is 26.7. The predicted molar refractivity (Wildman–Crippen MR) is 89.1 cm³/mol. The van der Waals surface area contributed by atoms with Gasteiger partial charge in [-0.15, -0.1) is 0 Å². The molecule has 3 rings (SSSR count). The molecule has 2 saturated heterocycles. The molecule has 0 aliphatic carbocycles. The Bertz CT molecular complexity index is 584. The highest BCUT2D eigenvalue weighted by molar-refractivity contribution is 5.94. The molecular weight excluding hydrogens is 309 g/mol. The monoisotopic (exact) mass is 333 g/mol. The molecule has 1 aromatic carbocycles. The molecule has 130 valence electrons. The molecule has 1 aromatic rings. The zero-order valence-electron chi connectivity index (χ0n) is 13.8. The Morgan fingerprint density at radius 3 is 2.67 bits per heavy atom. The fourth-order valence-corrected chi connectivity index (χ4v) is 3.44. The number of amides is 2. The second kappa shape index (κ2) is 7.75. The molecule has 2 aliphatic heterocycles. The second-order valence-electron chi connectivity index (χ2n) is 6.65. The number of nitrogens with one attached hydrogen (secondary N) is 2. The number of likely N-dealkylation sites (tertiary alicyclic amines) is 1. The molecule has 0 bridgehead atoms. The highest BCUT2D eigenvalue weighted by Gasteiger charge is 2.30. The molecule has 2 atom stereocenters. The van der Waals surface area contributed by atoms with Crippen molar-refractivity contribution >= 4 is 11.8 Å². The first kappa shape index (κ1) is 16.9. The van der Waals surface area contributed by atoms with Crippen molar-refractivity contribution in [2.24, 2.45) is 5.92 Å². The second-order valence-corrected chi connectivity index (χ2v) is 6.65. The van der Waals surface area contributed by atoms with Crippen LogP contribution in [0.4, 0.5) is 4.39 Å². The molecule has 0 aromatic heterocycles. The smallest absolute Gasteiger partial charge is 0.253 e. The zero-order chi connectivity index (χ0) is 16.9. The largest absolute Gasteiger partial charge is 0.352 e. The van der Waals surface area contributed by atoms with Crippen LogP contribution in [0.5, 0.6) is 0 Å². The normalized spacial score (nSPS) is 24.5. The Morgan fingerprint density at radius 2 is 1.96 bits per heavy atom. The van der Waals surface area contributed by atoms with E-state index in [1.807, 2.05) is 0 Å². The number of benzene rings is 1. The molecule has 2 amide bonds. The molecule has 6 heteroatoms. The van der Waals surface area contributed by atoms with Crippen LogP contribution in [-0.4, -0.2) is 48.9 Å². The molecule has 2 aliphatic rings. The summed E-state index contributed by atoms with van der Waals surface area (Å²) in [6.07, 6.45) is 3.70. The van der Waals surface area contributed by atoms with E-state index in [0.29, 0.717) is 18.7 Å².